The zero-order valence-corrected chi connectivity index (χ0v) is 18.4. The van der Waals surface area contributed by atoms with Crippen molar-refractivity contribution in [2.24, 2.45) is 0 Å². The first-order chi connectivity index (χ1) is 14.2. The van der Waals surface area contributed by atoms with Crippen LogP contribution in [-0.4, -0.2) is 78.5 Å². The molecule has 0 aliphatic rings. The Kier molecular flexibility index (Phi) is 11.7. The van der Waals surface area contributed by atoms with Crippen LogP contribution < -0.4 is 5.32 Å². The quantitative estimate of drug-likeness (QED) is 0.368. The fourth-order valence-corrected chi connectivity index (χ4v) is 3.44. The van der Waals surface area contributed by atoms with Gasteiger partial charge in [0.2, 0.25) is 5.82 Å². The summed E-state index contributed by atoms with van der Waals surface area (Å²) >= 11 is 3.36. The van der Waals surface area contributed by atoms with E-state index in [2.05, 4.69) is 26.2 Å². The van der Waals surface area contributed by atoms with Crippen LogP contribution in [0.25, 0.3) is 6.08 Å². The molecule has 10 heteroatoms. The maximum atomic E-state index is 12.7. The molecule has 1 heterocycles. The second-order valence-electron chi connectivity index (χ2n) is 7.16. The number of aliphatic hydroxyl groups is 2. The standard InChI is InChI=1S/C21H26BrN3O5.Na.H/c1-13(2)25-17(9-8-15(26)10-16(27)11-18(28)29)19(22)24-20(25)21(30)23-12-14-6-4-3-5-7-14;;/h3-9,13,15-16,26-27H,10-12H2,1-2H3,(H,23,30)(H,28,29);;/b9-8+;;/t15-,16-;;/m1../s1. The Morgan fingerprint density at radius 1 is 1.23 bits per heavy atom. The monoisotopic (exact) mass is 503 g/mol. The maximum absolute atomic E-state index is 12.7. The summed E-state index contributed by atoms with van der Waals surface area (Å²) in [6, 6.07) is 9.44. The molecule has 0 saturated carbocycles. The van der Waals surface area contributed by atoms with Gasteiger partial charge in [0.15, 0.2) is 0 Å². The van der Waals surface area contributed by atoms with E-state index in [0.717, 1.165) is 5.56 Å². The Bertz CT molecular complexity index is 902. The molecular formula is C21H27BrN3NaO5. The number of rotatable bonds is 10. The molecule has 1 aromatic carbocycles. The first kappa shape index (κ1) is 27.5. The summed E-state index contributed by atoms with van der Waals surface area (Å²) in [4.78, 5) is 27.7. The summed E-state index contributed by atoms with van der Waals surface area (Å²) in [7, 11) is 0. The van der Waals surface area contributed by atoms with Crippen molar-refractivity contribution in [3.63, 3.8) is 0 Å². The number of hydrogen-bond donors (Lipinski definition) is 4. The Morgan fingerprint density at radius 3 is 2.45 bits per heavy atom. The first-order valence-electron chi connectivity index (χ1n) is 9.55. The van der Waals surface area contributed by atoms with Crippen molar-refractivity contribution >= 4 is 63.4 Å². The molecular weight excluding hydrogens is 477 g/mol. The number of carbonyl (C=O) groups excluding carboxylic acids is 1. The predicted octanol–water partition coefficient (Wildman–Crippen LogP) is 2.11. The van der Waals surface area contributed by atoms with Gasteiger partial charge in [0.05, 0.1) is 24.3 Å². The van der Waals surface area contributed by atoms with Crippen molar-refractivity contribution in [2.45, 2.75) is 51.5 Å². The molecule has 0 unspecified atom stereocenters. The van der Waals surface area contributed by atoms with Crippen LogP contribution in [0.3, 0.4) is 0 Å². The van der Waals surface area contributed by atoms with E-state index in [1.807, 2.05) is 44.2 Å². The minimum absolute atomic E-state index is 0. The molecule has 2 aromatic rings. The van der Waals surface area contributed by atoms with Gasteiger partial charge in [-0.2, -0.15) is 0 Å². The number of halogens is 1. The number of aliphatic carboxylic acids is 1. The van der Waals surface area contributed by atoms with E-state index in [1.54, 1.807) is 10.6 Å². The SMILES string of the molecule is CC(C)n1c(C(=O)NCc2ccccc2)nc(Br)c1/C=C/[C@@H](O)C[C@@H](O)CC(=O)O.[NaH]. The van der Waals surface area contributed by atoms with Crippen molar-refractivity contribution in [3.05, 3.63) is 58.1 Å². The topological polar surface area (TPSA) is 125 Å². The zero-order chi connectivity index (χ0) is 22.3. The minimum atomic E-state index is -1.15. The molecule has 1 amide bonds. The number of carbonyl (C=O) groups is 2. The molecule has 0 bridgehead atoms. The number of hydrogen-bond acceptors (Lipinski definition) is 5. The van der Waals surface area contributed by atoms with E-state index < -0.39 is 24.6 Å². The van der Waals surface area contributed by atoms with Crippen molar-refractivity contribution in [1.29, 1.82) is 0 Å². The average Bonchev–Trinajstić information content (AvgIpc) is 3.01. The number of nitrogens with zero attached hydrogens (tertiary/aromatic N) is 2. The van der Waals surface area contributed by atoms with E-state index in [4.69, 9.17) is 5.11 Å². The third-order valence-corrected chi connectivity index (χ3v) is 4.90. The third kappa shape index (κ3) is 8.51. The normalized spacial score (nSPS) is 13.1. The van der Waals surface area contributed by atoms with Crippen LogP contribution in [0, 0.1) is 0 Å². The van der Waals surface area contributed by atoms with E-state index in [0.29, 0.717) is 16.8 Å². The number of amides is 1. The van der Waals surface area contributed by atoms with Gasteiger partial charge in [-0.05, 0) is 41.4 Å². The van der Waals surface area contributed by atoms with Gasteiger partial charge >= 0.3 is 35.5 Å². The van der Waals surface area contributed by atoms with Crippen molar-refractivity contribution in [2.75, 3.05) is 0 Å². The van der Waals surface area contributed by atoms with Crippen molar-refractivity contribution < 1.29 is 24.9 Å². The molecule has 2 atom stereocenters. The Labute approximate surface area is 211 Å². The number of aromatic nitrogens is 2. The number of aliphatic hydroxyl groups excluding tert-OH is 2. The number of imidazole rings is 1. The number of carboxylic acid groups (broad SMARTS) is 1. The van der Waals surface area contributed by atoms with Gasteiger partial charge < -0.3 is 25.2 Å². The second kappa shape index (κ2) is 13.1. The third-order valence-electron chi connectivity index (χ3n) is 4.32. The average molecular weight is 504 g/mol. The van der Waals surface area contributed by atoms with Crippen molar-refractivity contribution in [1.82, 2.24) is 14.9 Å². The van der Waals surface area contributed by atoms with E-state index in [9.17, 15) is 19.8 Å². The van der Waals surface area contributed by atoms with Gasteiger partial charge in [-0.15, -0.1) is 0 Å². The van der Waals surface area contributed by atoms with Gasteiger partial charge in [-0.3, -0.25) is 9.59 Å². The molecule has 0 aliphatic heterocycles. The Morgan fingerprint density at radius 2 is 1.87 bits per heavy atom. The summed E-state index contributed by atoms with van der Waals surface area (Å²) in [5.41, 5.74) is 1.55. The van der Waals surface area contributed by atoms with Gasteiger partial charge in [0.25, 0.3) is 5.91 Å². The van der Waals surface area contributed by atoms with Crippen LogP contribution in [0.15, 0.2) is 41.0 Å². The number of carboxylic acids is 1. The summed E-state index contributed by atoms with van der Waals surface area (Å²) in [5.74, 6) is -1.23. The molecule has 0 spiro atoms. The molecule has 0 radical (unpaired) electrons. The molecule has 1 aromatic heterocycles. The fraction of sp³-hybridized carbons (Fsp3) is 0.381. The summed E-state index contributed by atoms with van der Waals surface area (Å²) in [5, 5.41) is 31.3. The number of benzene rings is 1. The van der Waals surface area contributed by atoms with Crippen LogP contribution in [0.2, 0.25) is 0 Å². The van der Waals surface area contributed by atoms with E-state index in [-0.39, 0.29) is 53.8 Å². The van der Waals surface area contributed by atoms with E-state index in [1.165, 1.54) is 6.08 Å². The van der Waals surface area contributed by atoms with Crippen LogP contribution in [0.4, 0.5) is 0 Å². The molecule has 31 heavy (non-hydrogen) atoms. The Balaban J connectivity index is 0.00000480. The zero-order valence-electron chi connectivity index (χ0n) is 16.8. The van der Waals surface area contributed by atoms with E-state index >= 15 is 0 Å². The molecule has 0 fully saturated rings. The van der Waals surface area contributed by atoms with Gasteiger partial charge in [0, 0.05) is 19.0 Å². The summed E-state index contributed by atoms with van der Waals surface area (Å²) in [6.07, 6.45) is 0.294. The van der Waals surface area contributed by atoms with Crippen LogP contribution in [0.1, 0.15) is 54.6 Å². The molecule has 0 aliphatic carbocycles. The molecule has 8 nitrogen and oxygen atoms in total. The molecule has 0 saturated heterocycles. The molecule has 164 valence electrons. The van der Waals surface area contributed by atoms with Crippen LogP contribution in [0.5, 0.6) is 0 Å². The van der Waals surface area contributed by atoms with Crippen molar-refractivity contribution in [3.8, 4) is 0 Å². The molecule has 4 N–H and O–H groups in total. The van der Waals surface area contributed by atoms with Gasteiger partial charge in [-0.25, -0.2) is 4.98 Å². The predicted molar refractivity (Wildman–Crippen MR) is 123 cm³/mol. The van der Waals surface area contributed by atoms with Crippen LogP contribution in [-0.2, 0) is 11.3 Å². The number of nitrogens with one attached hydrogen (secondary N) is 1. The summed E-state index contributed by atoms with van der Waals surface area (Å²) < 4.78 is 2.18. The first-order valence-corrected chi connectivity index (χ1v) is 10.3. The fourth-order valence-electron chi connectivity index (χ4n) is 2.95. The van der Waals surface area contributed by atoms with Gasteiger partial charge in [-0.1, -0.05) is 36.4 Å². The summed E-state index contributed by atoms with van der Waals surface area (Å²) in [6.45, 7) is 4.19. The van der Waals surface area contributed by atoms with Crippen LogP contribution >= 0.6 is 15.9 Å². The molecule has 2 rings (SSSR count). The van der Waals surface area contributed by atoms with Gasteiger partial charge in [0.1, 0.15) is 4.60 Å². The second-order valence-corrected chi connectivity index (χ2v) is 7.91. The Hall–Kier alpha value is -1.49.